The highest BCUT2D eigenvalue weighted by molar-refractivity contribution is 5.59. The van der Waals surface area contributed by atoms with Crippen LogP contribution in [0, 0.1) is 17.2 Å². The Morgan fingerprint density at radius 1 is 1.65 bits per heavy atom. The zero-order chi connectivity index (χ0) is 12.3. The van der Waals surface area contributed by atoms with Gasteiger partial charge in [0.1, 0.15) is 11.9 Å². The van der Waals surface area contributed by atoms with Gasteiger partial charge in [0.25, 0.3) is 0 Å². The lowest BCUT2D eigenvalue weighted by atomic mass is 10.1. The number of aliphatic hydroxyl groups is 1. The first kappa shape index (κ1) is 11.7. The van der Waals surface area contributed by atoms with Crippen LogP contribution in [0.15, 0.2) is 12.3 Å². The summed E-state index contributed by atoms with van der Waals surface area (Å²) in [7, 11) is 0. The fourth-order valence-electron chi connectivity index (χ4n) is 2.25. The van der Waals surface area contributed by atoms with Gasteiger partial charge in [-0.05, 0) is 24.8 Å². The maximum absolute atomic E-state index is 9.06. The first-order valence-electron chi connectivity index (χ1n) is 5.76. The van der Waals surface area contributed by atoms with Gasteiger partial charge in [0.2, 0.25) is 0 Å². The number of aromatic nitrogens is 1. The third kappa shape index (κ3) is 2.48. The van der Waals surface area contributed by atoms with Gasteiger partial charge in [0, 0.05) is 19.7 Å². The van der Waals surface area contributed by atoms with Gasteiger partial charge in [0.15, 0.2) is 0 Å². The number of nitrogens with two attached hydrogens (primary N) is 1. The first-order chi connectivity index (χ1) is 8.24. The normalized spacial score (nSPS) is 19.3. The molecule has 3 N–H and O–H groups in total. The summed E-state index contributed by atoms with van der Waals surface area (Å²) >= 11 is 0. The van der Waals surface area contributed by atoms with Crippen molar-refractivity contribution in [1.29, 1.82) is 5.26 Å². The molecule has 1 aliphatic rings. The average Bonchev–Trinajstić information content (AvgIpc) is 2.78. The second-order valence-corrected chi connectivity index (χ2v) is 4.36. The van der Waals surface area contributed by atoms with Gasteiger partial charge in [-0.3, -0.25) is 0 Å². The van der Waals surface area contributed by atoms with Crippen LogP contribution in [0.1, 0.15) is 18.4 Å². The molecule has 0 aromatic carbocycles. The van der Waals surface area contributed by atoms with Crippen molar-refractivity contribution >= 4 is 11.5 Å². The number of anilines is 2. The van der Waals surface area contributed by atoms with E-state index in [4.69, 9.17) is 16.1 Å². The second kappa shape index (κ2) is 5.02. The van der Waals surface area contributed by atoms with Crippen LogP contribution < -0.4 is 10.6 Å². The Balaban J connectivity index is 2.16. The molecule has 5 nitrogen and oxygen atoms in total. The number of nitrogen functional groups attached to an aromatic ring is 1. The molecule has 1 aliphatic heterocycles. The molecule has 1 fully saturated rings. The zero-order valence-corrected chi connectivity index (χ0v) is 9.63. The molecular formula is C12H16N4O. The number of nitrogens with zero attached hydrogens (tertiary/aromatic N) is 3. The van der Waals surface area contributed by atoms with Gasteiger partial charge >= 0.3 is 0 Å². The fourth-order valence-corrected chi connectivity index (χ4v) is 2.25. The van der Waals surface area contributed by atoms with Gasteiger partial charge in [0.05, 0.1) is 17.4 Å². The minimum atomic E-state index is 0.221. The molecule has 0 aliphatic carbocycles. The topological polar surface area (TPSA) is 86.2 Å². The van der Waals surface area contributed by atoms with Crippen LogP contribution in [0.25, 0.3) is 0 Å². The van der Waals surface area contributed by atoms with Gasteiger partial charge in [-0.1, -0.05) is 0 Å². The summed E-state index contributed by atoms with van der Waals surface area (Å²) in [4.78, 5) is 6.34. The monoisotopic (exact) mass is 232 g/mol. The molecule has 2 heterocycles. The van der Waals surface area contributed by atoms with Crippen LogP contribution >= 0.6 is 0 Å². The van der Waals surface area contributed by atoms with E-state index in [1.165, 1.54) is 0 Å². The Morgan fingerprint density at radius 2 is 2.47 bits per heavy atom. The highest BCUT2D eigenvalue weighted by Gasteiger charge is 2.24. The summed E-state index contributed by atoms with van der Waals surface area (Å²) in [6.45, 7) is 1.96. The Labute approximate surface area is 100 Å². The van der Waals surface area contributed by atoms with Crippen LogP contribution in [-0.2, 0) is 0 Å². The van der Waals surface area contributed by atoms with Crippen molar-refractivity contribution in [1.82, 2.24) is 4.98 Å². The predicted molar refractivity (Wildman–Crippen MR) is 65.4 cm³/mol. The summed E-state index contributed by atoms with van der Waals surface area (Å²) in [6, 6.07) is 3.78. The van der Waals surface area contributed by atoms with Crippen molar-refractivity contribution < 1.29 is 5.11 Å². The van der Waals surface area contributed by atoms with E-state index in [1.54, 1.807) is 12.3 Å². The Hall–Kier alpha value is -1.80. The van der Waals surface area contributed by atoms with Gasteiger partial charge in [-0.2, -0.15) is 5.26 Å². The molecule has 1 aromatic heterocycles. The maximum Gasteiger partial charge on any atom is 0.146 e. The number of rotatable bonds is 3. The molecular weight excluding hydrogens is 216 g/mol. The summed E-state index contributed by atoms with van der Waals surface area (Å²) in [6.07, 6.45) is 3.43. The van der Waals surface area contributed by atoms with E-state index in [9.17, 15) is 0 Å². The van der Waals surface area contributed by atoms with E-state index in [1.807, 2.05) is 0 Å². The highest BCUT2D eigenvalue weighted by atomic mass is 16.3. The molecule has 1 atom stereocenters. The Bertz CT molecular complexity index is 441. The van der Waals surface area contributed by atoms with Crippen molar-refractivity contribution in [3.63, 3.8) is 0 Å². The average molecular weight is 232 g/mol. The lowest BCUT2D eigenvalue weighted by Crippen LogP contribution is -2.22. The zero-order valence-electron chi connectivity index (χ0n) is 9.63. The standard InChI is InChI=1S/C12H16N4O/c13-6-10-5-11(14)7-15-12(10)16-3-1-9(8-16)2-4-17/h5,7,9,17H,1-4,8,14H2. The Morgan fingerprint density at radius 3 is 3.18 bits per heavy atom. The van der Waals surface area contributed by atoms with Crippen molar-refractivity contribution in [2.75, 3.05) is 30.3 Å². The molecule has 1 saturated heterocycles. The molecule has 0 saturated carbocycles. The molecule has 17 heavy (non-hydrogen) atoms. The third-order valence-electron chi connectivity index (χ3n) is 3.13. The summed E-state index contributed by atoms with van der Waals surface area (Å²) in [5, 5.41) is 18.0. The van der Waals surface area contributed by atoms with Gasteiger partial charge in [-0.25, -0.2) is 4.98 Å². The molecule has 5 heteroatoms. The van der Waals surface area contributed by atoms with Crippen molar-refractivity contribution in [3.8, 4) is 6.07 Å². The third-order valence-corrected chi connectivity index (χ3v) is 3.13. The smallest absolute Gasteiger partial charge is 0.146 e. The van der Waals surface area contributed by atoms with E-state index < -0.39 is 0 Å². The van der Waals surface area contributed by atoms with E-state index in [0.717, 1.165) is 25.9 Å². The lowest BCUT2D eigenvalue weighted by molar-refractivity contribution is 0.263. The van der Waals surface area contributed by atoms with Crippen LogP contribution in [-0.4, -0.2) is 29.8 Å². The fraction of sp³-hybridized carbons (Fsp3) is 0.500. The van der Waals surface area contributed by atoms with Crippen molar-refractivity contribution in [2.24, 2.45) is 5.92 Å². The van der Waals surface area contributed by atoms with E-state index in [2.05, 4.69) is 16.0 Å². The minimum absolute atomic E-state index is 0.221. The summed E-state index contributed by atoms with van der Waals surface area (Å²) < 4.78 is 0. The summed E-state index contributed by atoms with van der Waals surface area (Å²) in [5.74, 6) is 1.20. The Kier molecular flexibility index (Phi) is 3.45. The second-order valence-electron chi connectivity index (χ2n) is 4.36. The number of hydrogen-bond acceptors (Lipinski definition) is 5. The molecule has 2 rings (SSSR count). The van der Waals surface area contributed by atoms with Gasteiger partial charge < -0.3 is 15.7 Å². The van der Waals surface area contributed by atoms with Crippen LogP contribution in [0.5, 0.6) is 0 Å². The molecule has 90 valence electrons. The minimum Gasteiger partial charge on any atom is -0.397 e. The van der Waals surface area contributed by atoms with Crippen LogP contribution in [0.2, 0.25) is 0 Å². The number of pyridine rings is 1. The SMILES string of the molecule is N#Cc1cc(N)cnc1N1CCC(CCO)C1. The van der Waals surface area contributed by atoms with Crippen LogP contribution in [0.3, 0.4) is 0 Å². The maximum atomic E-state index is 9.06. The molecule has 1 unspecified atom stereocenters. The number of hydrogen-bond donors (Lipinski definition) is 2. The molecule has 0 bridgehead atoms. The number of nitriles is 1. The predicted octanol–water partition coefficient (Wildman–Crippen LogP) is 0.744. The molecule has 0 radical (unpaired) electrons. The van der Waals surface area contributed by atoms with E-state index in [-0.39, 0.29) is 6.61 Å². The van der Waals surface area contributed by atoms with Crippen molar-refractivity contribution in [2.45, 2.75) is 12.8 Å². The van der Waals surface area contributed by atoms with E-state index >= 15 is 0 Å². The largest absolute Gasteiger partial charge is 0.397 e. The van der Waals surface area contributed by atoms with Gasteiger partial charge in [-0.15, -0.1) is 0 Å². The molecule has 1 aromatic rings. The molecule has 0 amide bonds. The molecule has 0 spiro atoms. The quantitative estimate of drug-likeness (QED) is 0.803. The van der Waals surface area contributed by atoms with Crippen LogP contribution in [0.4, 0.5) is 11.5 Å². The van der Waals surface area contributed by atoms with E-state index in [0.29, 0.717) is 23.0 Å². The van der Waals surface area contributed by atoms with Crippen molar-refractivity contribution in [3.05, 3.63) is 17.8 Å². The highest BCUT2D eigenvalue weighted by Crippen LogP contribution is 2.27. The summed E-state index contributed by atoms with van der Waals surface area (Å²) in [5.41, 5.74) is 6.64. The number of aliphatic hydroxyl groups excluding tert-OH is 1. The first-order valence-corrected chi connectivity index (χ1v) is 5.76. The lowest BCUT2D eigenvalue weighted by Gasteiger charge is -2.18.